The van der Waals surface area contributed by atoms with Gasteiger partial charge in [0.15, 0.2) is 0 Å². The zero-order valence-electron chi connectivity index (χ0n) is 19.1. The number of nitrogens with one attached hydrogen (secondary N) is 3. The Labute approximate surface area is 197 Å². The van der Waals surface area contributed by atoms with Crippen LogP contribution < -0.4 is 10.6 Å². The first kappa shape index (κ1) is 22.1. The van der Waals surface area contributed by atoms with Crippen molar-refractivity contribution in [1.29, 1.82) is 0 Å². The molecule has 5 rings (SSSR count). The van der Waals surface area contributed by atoms with Crippen LogP contribution in [-0.4, -0.2) is 47.9 Å². The number of hydrogen-bond donors (Lipinski definition) is 3. The minimum absolute atomic E-state index is 0.184. The second kappa shape index (κ2) is 9.27. The molecule has 3 heterocycles. The van der Waals surface area contributed by atoms with E-state index in [0.29, 0.717) is 45.8 Å². The van der Waals surface area contributed by atoms with Crippen LogP contribution in [0.3, 0.4) is 0 Å². The van der Waals surface area contributed by atoms with Gasteiger partial charge in [-0.2, -0.15) is 0 Å². The largest absolute Gasteiger partial charge is 0.358 e. The molecule has 1 saturated heterocycles. The maximum atomic E-state index is 14.6. The van der Waals surface area contributed by atoms with Gasteiger partial charge in [0.2, 0.25) is 0 Å². The number of nitrogens with zero attached hydrogens (tertiary/aromatic N) is 1. The Morgan fingerprint density at radius 1 is 1.12 bits per heavy atom. The fourth-order valence-corrected chi connectivity index (χ4v) is 4.78. The van der Waals surface area contributed by atoms with Gasteiger partial charge in [-0.05, 0) is 62.7 Å². The number of aromatic nitrogens is 1. The zero-order chi connectivity index (χ0) is 23.7. The van der Waals surface area contributed by atoms with Crippen molar-refractivity contribution in [2.24, 2.45) is 0 Å². The van der Waals surface area contributed by atoms with E-state index in [9.17, 15) is 14.0 Å². The van der Waals surface area contributed by atoms with Crippen LogP contribution in [0.4, 0.5) is 10.1 Å². The number of carbonyl (C=O) groups excluding carboxylic acids is 2. The maximum Gasteiger partial charge on any atom is 0.256 e. The monoisotopic (exact) mass is 458 g/mol. The van der Waals surface area contributed by atoms with Gasteiger partial charge in [-0.1, -0.05) is 30.3 Å². The zero-order valence-corrected chi connectivity index (χ0v) is 19.1. The Hall–Kier alpha value is -3.71. The standard InChI is InChI=1S/C27H27FN4O2/c1-17-15-20(26(33)29-11-14-32-12-4-5-13-32)24(30-17)16-21-25-19(18-7-2-3-9-22(18)28)8-6-10-23(25)31-27(21)34/h2-3,6-10,15-16,30H,4-5,11-14H2,1H3,(H,29,33)(H,31,34). The van der Waals surface area contributed by atoms with Gasteiger partial charge in [0.05, 0.1) is 16.8 Å². The molecule has 0 bridgehead atoms. The maximum absolute atomic E-state index is 14.6. The number of rotatable bonds is 6. The molecule has 0 unspecified atom stereocenters. The predicted molar refractivity (Wildman–Crippen MR) is 132 cm³/mol. The van der Waals surface area contributed by atoms with Crippen molar-refractivity contribution in [3.8, 4) is 11.1 Å². The van der Waals surface area contributed by atoms with E-state index in [4.69, 9.17) is 0 Å². The molecule has 174 valence electrons. The summed E-state index contributed by atoms with van der Waals surface area (Å²) in [6, 6.07) is 13.7. The smallest absolute Gasteiger partial charge is 0.256 e. The van der Waals surface area contributed by atoms with Crippen molar-refractivity contribution < 1.29 is 14.0 Å². The molecular weight excluding hydrogens is 431 g/mol. The third kappa shape index (κ3) is 4.26. The fourth-order valence-electron chi connectivity index (χ4n) is 4.78. The van der Waals surface area contributed by atoms with Crippen LogP contribution in [0, 0.1) is 12.7 Å². The summed E-state index contributed by atoms with van der Waals surface area (Å²) < 4.78 is 14.6. The number of amides is 2. The van der Waals surface area contributed by atoms with Gasteiger partial charge in [-0.3, -0.25) is 9.59 Å². The molecule has 3 aromatic rings. The normalized spacial score (nSPS) is 16.6. The summed E-state index contributed by atoms with van der Waals surface area (Å²) in [5.41, 5.74) is 4.54. The van der Waals surface area contributed by atoms with Crippen LogP contribution in [0.1, 0.15) is 40.2 Å². The van der Waals surface area contributed by atoms with E-state index in [-0.39, 0.29) is 17.6 Å². The van der Waals surface area contributed by atoms with E-state index >= 15 is 0 Å². The molecule has 0 radical (unpaired) electrons. The summed E-state index contributed by atoms with van der Waals surface area (Å²) in [5, 5.41) is 5.87. The number of benzene rings is 2. The second-order valence-corrected chi connectivity index (χ2v) is 8.80. The van der Waals surface area contributed by atoms with Crippen LogP contribution in [0.2, 0.25) is 0 Å². The van der Waals surface area contributed by atoms with Gasteiger partial charge < -0.3 is 20.5 Å². The minimum Gasteiger partial charge on any atom is -0.358 e. The van der Waals surface area contributed by atoms with Crippen LogP contribution in [0.5, 0.6) is 0 Å². The highest BCUT2D eigenvalue weighted by Crippen LogP contribution is 2.41. The van der Waals surface area contributed by atoms with Gasteiger partial charge in [-0.25, -0.2) is 4.39 Å². The fraction of sp³-hybridized carbons (Fsp3) is 0.259. The van der Waals surface area contributed by atoms with Crippen LogP contribution >= 0.6 is 0 Å². The number of hydrogen-bond acceptors (Lipinski definition) is 3. The van der Waals surface area contributed by atoms with Gasteiger partial charge in [0.1, 0.15) is 5.82 Å². The molecule has 3 N–H and O–H groups in total. The van der Waals surface area contributed by atoms with Crippen molar-refractivity contribution in [2.45, 2.75) is 19.8 Å². The molecule has 0 aliphatic carbocycles. The Morgan fingerprint density at radius 2 is 1.88 bits per heavy atom. The number of H-pyrrole nitrogens is 1. The van der Waals surface area contributed by atoms with E-state index in [1.165, 1.54) is 18.9 Å². The van der Waals surface area contributed by atoms with E-state index in [0.717, 1.165) is 25.3 Å². The average molecular weight is 459 g/mol. The summed E-state index contributed by atoms with van der Waals surface area (Å²) in [6.07, 6.45) is 4.11. The molecule has 34 heavy (non-hydrogen) atoms. The van der Waals surface area contributed by atoms with E-state index in [1.807, 2.05) is 6.92 Å². The van der Waals surface area contributed by atoms with Crippen molar-refractivity contribution in [3.63, 3.8) is 0 Å². The summed E-state index contributed by atoms with van der Waals surface area (Å²) in [5.74, 6) is -0.828. The number of fused-ring (bicyclic) bond motifs is 1. The highest BCUT2D eigenvalue weighted by atomic mass is 19.1. The lowest BCUT2D eigenvalue weighted by atomic mass is 9.94. The number of carbonyl (C=O) groups is 2. The molecule has 0 spiro atoms. The molecule has 1 aromatic heterocycles. The van der Waals surface area contributed by atoms with Gasteiger partial charge in [0.25, 0.3) is 11.8 Å². The Balaban J connectivity index is 1.47. The van der Waals surface area contributed by atoms with E-state index < -0.39 is 0 Å². The molecule has 2 aromatic carbocycles. The van der Waals surface area contributed by atoms with Gasteiger partial charge >= 0.3 is 0 Å². The average Bonchev–Trinajstić information content (AvgIpc) is 3.54. The van der Waals surface area contributed by atoms with Crippen molar-refractivity contribution in [2.75, 3.05) is 31.5 Å². The lowest BCUT2D eigenvalue weighted by molar-refractivity contribution is -0.110. The lowest BCUT2D eigenvalue weighted by Gasteiger charge is -2.14. The number of aromatic amines is 1. The number of likely N-dealkylation sites (tertiary alicyclic amines) is 1. The summed E-state index contributed by atoms with van der Waals surface area (Å²) >= 11 is 0. The SMILES string of the molecule is Cc1cc(C(=O)NCCN2CCCC2)c(C=C2C(=O)Nc3cccc(-c4ccccc4F)c32)[nH]1. The van der Waals surface area contributed by atoms with Crippen LogP contribution in [-0.2, 0) is 4.79 Å². The van der Waals surface area contributed by atoms with Crippen molar-refractivity contribution in [3.05, 3.63) is 76.9 Å². The molecule has 2 amide bonds. The van der Waals surface area contributed by atoms with Crippen LogP contribution in [0.15, 0.2) is 48.5 Å². The first-order valence-electron chi connectivity index (χ1n) is 11.6. The molecule has 7 heteroatoms. The quantitative estimate of drug-likeness (QED) is 0.478. The summed E-state index contributed by atoms with van der Waals surface area (Å²) in [6.45, 7) is 5.42. The molecular formula is C27H27FN4O2. The third-order valence-corrected chi connectivity index (χ3v) is 6.42. The Bertz CT molecular complexity index is 1290. The molecule has 6 nitrogen and oxygen atoms in total. The number of anilines is 1. The highest BCUT2D eigenvalue weighted by molar-refractivity contribution is 6.36. The Morgan fingerprint density at radius 3 is 2.68 bits per heavy atom. The lowest BCUT2D eigenvalue weighted by Crippen LogP contribution is -2.33. The summed E-state index contributed by atoms with van der Waals surface area (Å²) in [4.78, 5) is 31.4. The predicted octanol–water partition coefficient (Wildman–Crippen LogP) is 4.45. The molecule has 0 saturated carbocycles. The van der Waals surface area contributed by atoms with Gasteiger partial charge in [-0.15, -0.1) is 0 Å². The van der Waals surface area contributed by atoms with Crippen LogP contribution in [0.25, 0.3) is 22.8 Å². The first-order valence-corrected chi connectivity index (χ1v) is 11.6. The minimum atomic E-state index is -0.358. The summed E-state index contributed by atoms with van der Waals surface area (Å²) in [7, 11) is 0. The number of halogens is 1. The van der Waals surface area contributed by atoms with E-state index in [2.05, 4.69) is 20.5 Å². The van der Waals surface area contributed by atoms with Crippen molar-refractivity contribution >= 4 is 29.2 Å². The topological polar surface area (TPSA) is 77.2 Å². The third-order valence-electron chi connectivity index (χ3n) is 6.42. The Kier molecular flexibility index (Phi) is 6.02. The second-order valence-electron chi connectivity index (χ2n) is 8.80. The molecule has 1 fully saturated rings. The van der Waals surface area contributed by atoms with Crippen molar-refractivity contribution in [1.82, 2.24) is 15.2 Å². The molecule has 2 aliphatic rings. The number of aryl methyl sites for hydroxylation is 1. The molecule has 2 aliphatic heterocycles. The van der Waals surface area contributed by atoms with Gasteiger partial charge in [0, 0.05) is 35.6 Å². The highest BCUT2D eigenvalue weighted by Gasteiger charge is 2.29. The van der Waals surface area contributed by atoms with E-state index in [1.54, 1.807) is 48.5 Å². The first-order chi connectivity index (χ1) is 16.5. The molecule has 0 atom stereocenters.